The summed E-state index contributed by atoms with van der Waals surface area (Å²) in [5, 5.41) is 86.8. The van der Waals surface area contributed by atoms with Gasteiger partial charge in [0.1, 0.15) is 11.8 Å². The first-order valence-corrected chi connectivity index (χ1v) is 29.8. The molecule has 6 unspecified atom stereocenters. The number of ether oxygens (including phenoxy) is 1. The van der Waals surface area contributed by atoms with E-state index in [0.717, 1.165) is 0 Å². The molecule has 4 heterocycles. The van der Waals surface area contributed by atoms with Gasteiger partial charge in [-0.05, 0) is 49.9 Å². The molecule has 0 spiro atoms. The molecule has 0 saturated carbocycles. The summed E-state index contributed by atoms with van der Waals surface area (Å²) >= 11 is -4.75. The Morgan fingerprint density at radius 2 is 1.08 bits per heavy atom. The molecule has 0 aliphatic carbocycles. The van der Waals surface area contributed by atoms with Crippen LogP contribution in [0.3, 0.4) is 0 Å². The molecule has 17 N–H and O–H groups in total. The van der Waals surface area contributed by atoms with Crippen molar-refractivity contribution in [1.29, 1.82) is 5.41 Å². The molecular formula is C42H58N22Na4O17S4. The Kier molecular flexibility index (Phi) is 41.9. The van der Waals surface area contributed by atoms with Crippen LogP contribution in [0.1, 0.15) is 18.6 Å². The number of hydrogen-bond donors (Lipinski definition) is 17. The molecule has 6 rings (SSSR count). The number of hydrogen-bond acceptors (Lipinski definition) is 38. The van der Waals surface area contributed by atoms with Crippen molar-refractivity contribution in [3.05, 3.63) is 66.5 Å². The molecule has 4 aromatic heterocycles. The molecule has 466 valence electrons. The van der Waals surface area contributed by atoms with E-state index in [2.05, 4.69) is 114 Å². The second-order valence-corrected chi connectivity index (χ2v) is 21.5. The minimum Gasteiger partial charge on any atom is -0.772 e. The number of nitrogens with zero attached hydrogens (tertiary/aromatic N) is 12. The summed E-state index contributed by atoms with van der Waals surface area (Å²) in [6.07, 6.45) is -1.38. The van der Waals surface area contributed by atoms with Gasteiger partial charge in [-0.15, -0.1) is 0 Å². The zero-order valence-electron chi connectivity index (χ0n) is 48.7. The van der Waals surface area contributed by atoms with Crippen molar-refractivity contribution >= 4 is 118 Å². The number of nitrogens with one attached hydrogen (secondary N) is 10. The molecule has 0 saturated heterocycles. The molecular weight excluding hydrogens is 1300 g/mol. The van der Waals surface area contributed by atoms with E-state index in [1.165, 1.54) is 0 Å². The van der Waals surface area contributed by atoms with Gasteiger partial charge >= 0.3 is 124 Å². The summed E-state index contributed by atoms with van der Waals surface area (Å²) in [6.45, 7) is 3.79. The van der Waals surface area contributed by atoms with Gasteiger partial charge in [0, 0.05) is 66.8 Å². The van der Waals surface area contributed by atoms with Gasteiger partial charge < -0.3 is 116 Å². The standard InChI is InChI=1S/C21H31N11O7S.C18H23N10O6S2.C3H7NO4S.4Na/c1-3-22-21(35)39-20-26-12(2)25-18(32-20)27-13-5-4-6-14(9-13)28-19-30-16(23-7-8-40(36,37)38)29-17(31-19)24-10-15(34)11-33;1-11-21-10-22-17(23-11)24-12-3-2-4-13(7-12)25-18-27-15(19-5-6-35(30)31)26-16(28-18)20-8-14(29)9-36(32,33)34;4-2(1-5)3(6)9(7)8;;;;/h4-6,9,15,21-22,33-35H,3,7-8,10-11H2,1-2H3,(H,36,37,38)(H,25,26,27,32)(H3,23,24,28,29,30,31);2-4,7,14,29H,5-6,8-9H2,1H3,(H,30,31)(H,32,33,34)(H,21,22,23,24)(H3,19,20,25,26,27,28);3-6H,1H2,(H,7,8);;;;/q;-1;;4*+1/p-3. The van der Waals surface area contributed by atoms with Crippen molar-refractivity contribution in [2.45, 2.75) is 44.8 Å². The molecule has 0 amide bonds. The Morgan fingerprint density at radius 1 is 0.629 bits per heavy atom. The van der Waals surface area contributed by atoms with Crippen LogP contribution in [0.2, 0.25) is 0 Å². The fraction of sp³-hybridized carbons (Fsp3) is 0.405. The van der Waals surface area contributed by atoms with Crippen LogP contribution in [0.4, 0.5) is 70.3 Å². The molecule has 0 bridgehead atoms. The van der Waals surface area contributed by atoms with Gasteiger partial charge in [0.2, 0.25) is 41.6 Å². The smallest absolute Gasteiger partial charge is 0.772 e. The van der Waals surface area contributed by atoms with E-state index in [9.17, 15) is 54.2 Å². The molecule has 89 heavy (non-hydrogen) atoms. The maximum atomic E-state index is 10.9. The monoisotopic (exact) mass is 1360 g/mol. The molecule has 6 atom stereocenters. The molecule has 2 aromatic carbocycles. The minimum atomic E-state index is -4.63. The van der Waals surface area contributed by atoms with Crippen LogP contribution in [-0.2, 0) is 42.4 Å². The number of aliphatic hydroxyl groups excluding tert-OH is 6. The van der Waals surface area contributed by atoms with Crippen molar-refractivity contribution in [1.82, 2.24) is 65.1 Å². The van der Waals surface area contributed by atoms with Gasteiger partial charge in [0.05, 0.1) is 62.9 Å². The van der Waals surface area contributed by atoms with E-state index in [0.29, 0.717) is 46.9 Å². The fourth-order valence-corrected chi connectivity index (χ4v) is 7.37. The molecule has 47 heteroatoms. The van der Waals surface area contributed by atoms with E-state index in [4.69, 9.17) is 30.0 Å². The predicted molar refractivity (Wildman–Crippen MR) is 302 cm³/mol. The van der Waals surface area contributed by atoms with Crippen LogP contribution >= 0.6 is 0 Å². The summed E-state index contributed by atoms with van der Waals surface area (Å²) in [5.74, 6) is -0.545. The zero-order chi connectivity index (χ0) is 62.7. The van der Waals surface area contributed by atoms with Crippen molar-refractivity contribution < 1.29 is 197 Å². The van der Waals surface area contributed by atoms with Crippen LogP contribution in [0, 0.1) is 25.6 Å². The predicted octanol–water partition coefficient (Wildman–Crippen LogP) is -15.3. The number of aromatic nitrogens is 12. The molecule has 39 nitrogen and oxygen atoms in total. The van der Waals surface area contributed by atoms with Crippen LogP contribution in [0.5, 0.6) is 6.01 Å². The number of anilines is 12. The third-order valence-electron chi connectivity index (χ3n) is 9.42. The maximum Gasteiger partial charge on any atom is 1.00 e. The first-order valence-electron chi connectivity index (χ1n) is 24.2. The van der Waals surface area contributed by atoms with Crippen LogP contribution in [0.15, 0.2) is 48.5 Å². The molecule has 6 aromatic rings. The Hall–Kier alpha value is -3.89. The van der Waals surface area contributed by atoms with Gasteiger partial charge in [-0.2, -0.15) is 44.9 Å². The summed E-state index contributed by atoms with van der Waals surface area (Å²) in [5.41, 5.74) is -0.0480. The summed E-state index contributed by atoms with van der Waals surface area (Å²) in [4.78, 5) is 49.2. The zero-order valence-corrected chi connectivity index (χ0v) is 60.0. The summed E-state index contributed by atoms with van der Waals surface area (Å²) in [7, 11) is -9.08. The second kappa shape index (κ2) is 43.8. The SMILES string of the molecule is CCNC(O)Oc1nc(C)nc(Nc2cccc(Nc3nc(NCCS(=O)(=O)[O-])nc(NCC(O)CO)n3)c2)n1.Cc1n[c-]nc(Nc2cccc(Nc3nc(NCCS(=O)[O-])nc(NCC(O)CS(=O)(=O)[O-])n3)c2)n1.N=C(CO)C(O)S(=O)O.[Na+].[Na+].[Na+].[Na+]. The molecule has 0 aliphatic heterocycles. The summed E-state index contributed by atoms with van der Waals surface area (Å²) < 4.78 is 110. The fourth-order valence-electron chi connectivity index (χ4n) is 5.84. The quantitative estimate of drug-likeness (QED) is 0.00466. The maximum absolute atomic E-state index is 10.9. The molecule has 0 radical (unpaired) electrons. The number of aliphatic hydroxyl groups is 6. The first-order chi connectivity index (χ1) is 40.2. The Labute approximate surface area is 602 Å². The van der Waals surface area contributed by atoms with E-state index >= 15 is 0 Å². The third kappa shape index (κ3) is 36.2. The number of benzene rings is 2. The van der Waals surface area contributed by atoms with Gasteiger partial charge in [-0.1, -0.05) is 37.1 Å². The van der Waals surface area contributed by atoms with Gasteiger partial charge in [-0.25, -0.2) is 21.0 Å². The second-order valence-electron chi connectivity index (χ2n) is 16.5. The Balaban J connectivity index is 0.00000147. The Bertz CT molecular complexity index is 3410. The van der Waals surface area contributed by atoms with Crippen molar-refractivity contribution in [2.75, 3.05) is 106 Å². The largest absolute Gasteiger partial charge is 1.00 e. The van der Waals surface area contributed by atoms with E-state index in [1.807, 2.05) is 0 Å². The van der Waals surface area contributed by atoms with Crippen molar-refractivity contribution in [2.24, 2.45) is 0 Å². The molecule has 0 aliphatic rings. The van der Waals surface area contributed by atoms with Crippen molar-refractivity contribution in [3.63, 3.8) is 0 Å². The first kappa shape index (κ1) is 85.1. The van der Waals surface area contributed by atoms with Gasteiger partial charge in [0.15, 0.2) is 16.5 Å². The van der Waals surface area contributed by atoms with E-state index in [1.54, 1.807) is 69.3 Å². The van der Waals surface area contributed by atoms with Gasteiger partial charge in [0.25, 0.3) is 6.41 Å². The minimum absolute atomic E-state index is 0. The van der Waals surface area contributed by atoms with E-state index < -0.39 is 96.9 Å². The third-order valence-corrected chi connectivity index (χ3v) is 12.1. The number of aryl methyl sites for hydroxylation is 2. The van der Waals surface area contributed by atoms with Gasteiger partial charge in [-0.3, -0.25) is 9.53 Å². The average Bonchev–Trinajstić information content (AvgIpc) is 2.60. The summed E-state index contributed by atoms with van der Waals surface area (Å²) in [6, 6.07) is 13.7. The average molecular weight is 1360 g/mol. The van der Waals surface area contributed by atoms with Crippen LogP contribution in [-0.4, -0.2) is 227 Å². The van der Waals surface area contributed by atoms with Crippen LogP contribution < -0.4 is 171 Å². The number of rotatable bonds is 32. The van der Waals surface area contributed by atoms with Crippen LogP contribution in [0.25, 0.3) is 0 Å². The molecule has 0 fully saturated rings. The topological polar surface area (TPSA) is 609 Å². The van der Waals surface area contributed by atoms with E-state index in [-0.39, 0.29) is 198 Å². The van der Waals surface area contributed by atoms with Crippen molar-refractivity contribution in [3.8, 4) is 6.01 Å². The Morgan fingerprint density at radius 3 is 1.51 bits per heavy atom. The normalized spacial score (nSPS) is 12.7.